The number of carbonyl (C=O) groups excluding carboxylic acids is 1. The van der Waals surface area contributed by atoms with Gasteiger partial charge in [0.1, 0.15) is 31.8 Å². The van der Waals surface area contributed by atoms with Gasteiger partial charge in [-0.2, -0.15) is 4.48 Å². The monoisotopic (exact) mass is 575 g/mol. The Morgan fingerprint density at radius 3 is 2.62 bits per heavy atom. The lowest BCUT2D eigenvalue weighted by Crippen LogP contribution is -2.52. The van der Waals surface area contributed by atoms with Gasteiger partial charge in [-0.05, 0) is 75.9 Å². The average Bonchev–Trinajstić information content (AvgIpc) is 3.28. The van der Waals surface area contributed by atoms with Crippen molar-refractivity contribution in [2.45, 2.75) is 64.2 Å². The molecule has 0 radical (unpaired) electrons. The van der Waals surface area contributed by atoms with Gasteiger partial charge in [-0.1, -0.05) is 44.4 Å². The van der Waals surface area contributed by atoms with Crippen LogP contribution in [0.2, 0.25) is 0 Å². The molecule has 0 aliphatic carbocycles. The first-order valence-corrected chi connectivity index (χ1v) is 15.5. The predicted molar refractivity (Wildman–Crippen MR) is 153 cm³/mol. The minimum absolute atomic E-state index is 0.000293. The third-order valence-electron chi connectivity index (χ3n) is 7.70. The van der Waals surface area contributed by atoms with Gasteiger partial charge in [0.15, 0.2) is 5.69 Å². The predicted octanol–water partition coefficient (Wildman–Crippen LogP) is 4.40. The fraction of sp³-hybridized carbons (Fsp3) is 0.500. The van der Waals surface area contributed by atoms with Crippen LogP contribution in [0.1, 0.15) is 57.9 Å². The number of quaternary nitrogens is 1. The van der Waals surface area contributed by atoms with Crippen molar-refractivity contribution in [3.63, 3.8) is 0 Å². The molecular formula is C28H38ClN5O4S. The number of amides is 1. The summed E-state index contributed by atoms with van der Waals surface area (Å²) in [6, 6.07) is 4.38. The van der Waals surface area contributed by atoms with Crippen LogP contribution in [-0.4, -0.2) is 55.8 Å². The third kappa shape index (κ3) is 6.00. The summed E-state index contributed by atoms with van der Waals surface area (Å²) in [4.78, 5) is 15.6. The largest absolute Gasteiger partial charge is 0.744 e. The lowest BCUT2D eigenvalue weighted by Gasteiger charge is -2.35. The molecule has 1 amide bonds. The van der Waals surface area contributed by atoms with Gasteiger partial charge in [0.05, 0.1) is 5.70 Å². The van der Waals surface area contributed by atoms with E-state index in [2.05, 4.69) is 22.5 Å². The summed E-state index contributed by atoms with van der Waals surface area (Å²) < 4.78 is 36.4. The van der Waals surface area contributed by atoms with Crippen LogP contribution in [0.5, 0.6) is 0 Å². The van der Waals surface area contributed by atoms with Gasteiger partial charge in [-0.3, -0.25) is 4.79 Å². The average molecular weight is 576 g/mol. The van der Waals surface area contributed by atoms with Crippen molar-refractivity contribution in [1.29, 1.82) is 5.41 Å². The van der Waals surface area contributed by atoms with Crippen LogP contribution in [0.4, 0.5) is 5.69 Å². The summed E-state index contributed by atoms with van der Waals surface area (Å²) >= 11 is 6.57. The molecule has 0 bridgehead atoms. The van der Waals surface area contributed by atoms with E-state index in [-0.39, 0.29) is 28.0 Å². The Labute approximate surface area is 236 Å². The highest BCUT2D eigenvalue weighted by molar-refractivity contribution is 7.86. The summed E-state index contributed by atoms with van der Waals surface area (Å²) in [5, 5.41) is 15.3. The molecule has 3 heterocycles. The quantitative estimate of drug-likeness (QED) is 0.280. The molecule has 3 N–H and O–H groups in total. The smallest absolute Gasteiger partial charge is 0.259 e. The molecule has 1 aromatic rings. The highest BCUT2D eigenvalue weighted by atomic mass is 35.5. The van der Waals surface area contributed by atoms with Crippen LogP contribution in [0.3, 0.4) is 0 Å². The first-order valence-electron chi connectivity index (χ1n) is 13.7. The number of unbranched alkanes of at least 4 members (excludes halogenated alkanes) is 1. The zero-order valence-electron chi connectivity index (χ0n) is 22.8. The van der Waals surface area contributed by atoms with Crippen molar-refractivity contribution in [2.75, 3.05) is 26.2 Å². The molecule has 0 saturated carbocycles. The number of likely N-dealkylation sites (tertiary alicyclic amines) is 1. The van der Waals surface area contributed by atoms with E-state index in [0.29, 0.717) is 30.3 Å². The Morgan fingerprint density at radius 2 is 1.97 bits per heavy atom. The number of halogens is 1. The van der Waals surface area contributed by atoms with Gasteiger partial charge in [-0.25, -0.2) is 13.8 Å². The minimum Gasteiger partial charge on any atom is -0.744 e. The number of nitrogens with zero attached hydrogens (tertiary/aromatic N) is 2. The maximum absolute atomic E-state index is 13.6. The Morgan fingerprint density at radius 1 is 1.26 bits per heavy atom. The number of benzene rings is 1. The third-order valence-corrected chi connectivity index (χ3v) is 8.87. The zero-order valence-corrected chi connectivity index (χ0v) is 24.4. The van der Waals surface area contributed by atoms with Gasteiger partial charge in [0.2, 0.25) is 5.82 Å². The van der Waals surface area contributed by atoms with E-state index in [1.807, 2.05) is 6.92 Å². The van der Waals surface area contributed by atoms with Crippen LogP contribution in [-0.2, 0) is 14.9 Å². The van der Waals surface area contributed by atoms with Crippen LogP contribution < -0.4 is 15.1 Å². The molecule has 11 heteroatoms. The normalized spacial score (nSPS) is 22.3. The molecular weight excluding hydrogens is 538 g/mol. The fourth-order valence-electron chi connectivity index (χ4n) is 5.56. The molecule has 212 valence electrons. The highest BCUT2D eigenvalue weighted by Crippen LogP contribution is 2.45. The Hall–Kier alpha value is -2.50. The molecule has 1 atom stereocenters. The minimum atomic E-state index is -4.90. The summed E-state index contributed by atoms with van der Waals surface area (Å²) in [6.07, 6.45) is 8.91. The number of hydrogen-bond acceptors (Lipinski definition) is 7. The molecule has 1 aromatic carbocycles. The van der Waals surface area contributed by atoms with Gasteiger partial charge in [0.25, 0.3) is 11.7 Å². The van der Waals surface area contributed by atoms with Crippen molar-refractivity contribution in [2.24, 2.45) is 5.92 Å². The van der Waals surface area contributed by atoms with Crippen LogP contribution in [0.15, 0.2) is 57.5 Å². The summed E-state index contributed by atoms with van der Waals surface area (Å²) in [5.74, 6) is 0.161. The Bertz CT molecular complexity index is 1350. The summed E-state index contributed by atoms with van der Waals surface area (Å²) in [7, 11) is -4.90. The van der Waals surface area contributed by atoms with E-state index in [0.717, 1.165) is 44.6 Å². The first-order chi connectivity index (χ1) is 18.5. The topological polar surface area (TPSA) is 125 Å². The van der Waals surface area contributed by atoms with Gasteiger partial charge in [0, 0.05) is 12.6 Å². The van der Waals surface area contributed by atoms with Gasteiger partial charge in [-0.15, -0.1) is 0 Å². The van der Waals surface area contributed by atoms with Crippen molar-refractivity contribution in [1.82, 2.24) is 20.0 Å². The van der Waals surface area contributed by atoms with Gasteiger partial charge < -0.3 is 20.1 Å². The highest BCUT2D eigenvalue weighted by Gasteiger charge is 2.52. The van der Waals surface area contributed by atoms with Crippen molar-refractivity contribution < 1.29 is 17.8 Å². The number of nitrogens with one attached hydrogen (secondary N) is 3. The SMILES string of the molecule is CCCCN1CCC(CNC(=O)C2=C3NC(CCC)=C[N+]3(c3cc(C)ccc3S(=O)(=O)[O-])C(=N)C(Cl)=C2)CC1. The van der Waals surface area contributed by atoms with E-state index in [9.17, 15) is 17.8 Å². The number of hydrogen-bond donors (Lipinski definition) is 3. The van der Waals surface area contributed by atoms with Crippen LogP contribution in [0, 0.1) is 18.3 Å². The molecule has 0 spiro atoms. The standard InChI is InChI=1S/C28H38ClN5O4S/c1-4-6-12-33-13-10-20(11-14-33)17-31-28(35)22-16-23(29)26(30)34(18-21(7-5-2)32-27(22)34)24-15-19(3)8-9-25(24)39(36,37)38/h8-9,15-16,18,20H,4-7,10-14,17H2,1-3H3,(H3-,30,31,32,35,36,37,38). The van der Waals surface area contributed by atoms with Crippen molar-refractivity contribution in [3.05, 3.63) is 58.2 Å². The zero-order chi connectivity index (χ0) is 28.4. The number of aryl methyl sites for hydroxylation is 1. The molecule has 0 aromatic heterocycles. The molecule has 39 heavy (non-hydrogen) atoms. The second-order valence-corrected chi connectivity index (χ2v) is 12.4. The fourth-order valence-corrected chi connectivity index (χ4v) is 6.50. The van der Waals surface area contributed by atoms with Crippen molar-refractivity contribution in [3.8, 4) is 0 Å². The summed E-state index contributed by atoms with van der Waals surface area (Å²) in [6.45, 7) is 9.62. The molecule has 9 nitrogen and oxygen atoms in total. The van der Waals surface area contributed by atoms with Crippen LogP contribution >= 0.6 is 11.6 Å². The maximum Gasteiger partial charge on any atom is 0.259 e. The molecule has 3 aliphatic heterocycles. The van der Waals surface area contributed by atoms with E-state index < -0.39 is 19.5 Å². The second-order valence-electron chi connectivity index (χ2n) is 10.6. The number of allylic oxidation sites excluding steroid dienone is 1. The maximum atomic E-state index is 13.6. The number of piperidine rings is 1. The molecule has 4 rings (SSSR count). The lowest BCUT2D eigenvalue weighted by molar-refractivity contribution is -0.117. The van der Waals surface area contributed by atoms with E-state index in [1.54, 1.807) is 25.3 Å². The van der Waals surface area contributed by atoms with Gasteiger partial charge >= 0.3 is 0 Å². The Kier molecular flexibility index (Phi) is 9.02. The number of amidine groups is 1. The van der Waals surface area contributed by atoms with E-state index >= 15 is 0 Å². The second kappa shape index (κ2) is 11.9. The molecule has 3 aliphatic rings. The molecule has 1 saturated heterocycles. The van der Waals surface area contributed by atoms with Crippen LogP contribution in [0.25, 0.3) is 0 Å². The Balaban J connectivity index is 1.70. The first kappa shape index (κ1) is 29.5. The lowest BCUT2D eigenvalue weighted by atomic mass is 9.96. The summed E-state index contributed by atoms with van der Waals surface area (Å²) in [5.41, 5.74) is 1.71. The number of rotatable bonds is 10. The number of fused-ring (bicyclic) bond motifs is 1. The number of carbonyl (C=O) groups is 1. The van der Waals surface area contributed by atoms with E-state index in [1.165, 1.54) is 25.0 Å². The van der Waals surface area contributed by atoms with E-state index in [4.69, 9.17) is 17.0 Å². The molecule has 1 fully saturated rings. The molecule has 1 unspecified atom stereocenters. The van der Waals surface area contributed by atoms with Crippen molar-refractivity contribution >= 4 is 39.1 Å².